The zero-order chi connectivity index (χ0) is 15.8. The molecule has 0 bridgehead atoms. The predicted octanol–water partition coefficient (Wildman–Crippen LogP) is 3.63. The summed E-state index contributed by atoms with van der Waals surface area (Å²) in [5.74, 6) is 0.0496. The average Bonchev–Trinajstić information content (AvgIpc) is 2.73. The van der Waals surface area contributed by atoms with Crippen molar-refractivity contribution >= 4 is 28.5 Å². The molecule has 1 heterocycles. The third-order valence-corrected chi connectivity index (χ3v) is 3.65. The van der Waals surface area contributed by atoms with E-state index in [1.807, 2.05) is 26.0 Å². The van der Waals surface area contributed by atoms with Crippen molar-refractivity contribution in [3.63, 3.8) is 0 Å². The van der Waals surface area contributed by atoms with Crippen LogP contribution in [-0.4, -0.2) is 34.6 Å². The highest BCUT2D eigenvalue weighted by molar-refractivity contribution is 6.35. The van der Waals surface area contributed by atoms with Crippen LogP contribution in [0.2, 0.25) is 5.02 Å². The van der Waals surface area contributed by atoms with Crippen LogP contribution in [0.15, 0.2) is 22.6 Å². The third kappa shape index (κ3) is 3.22. The first kappa shape index (κ1) is 15.9. The van der Waals surface area contributed by atoms with E-state index in [2.05, 4.69) is 0 Å². The quantitative estimate of drug-likeness (QED) is 0.938. The second-order valence-corrected chi connectivity index (χ2v) is 6.21. The minimum Gasteiger partial charge on any atom is -0.449 e. The van der Waals surface area contributed by atoms with E-state index >= 15 is 0 Å². The van der Waals surface area contributed by atoms with Crippen molar-refractivity contribution in [2.24, 2.45) is 0 Å². The van der Waals surface area contributed by atoms with Gasteiger partial charge in [-0.3, -0.25) is 4.79 Å². The van der Waals surface area contributed by atoms with Crippen molar-refractivity contribution in [1.82, 2.24) is 4.90 Å². The fourth-order valence-corrected chi connectivity index (χ4v) is 2.56. The Labute approximate surface area is 129 Å². The summed E-state index contributed by atoms with van der Waals surface area (Å²) < 4.78 is 5.68. The molecule has 0 atom stereocenters. The van der Waals surface area contributed by atoms with E-state index in [1.54, 1.807) is 24.8 Å². The molecule has 114 valence electrons. The Morgan fingerprint density at radius 1 is 1.43 bits per heavy atom. The lowest BCUT2D eigenvalue weighted by Crippen LogP contribution is -2.42. The molecule has 0 aliphatic carbocycles. The van der Waals surface area contributed by atoms with E-state index in [4.69, 9.17) is 16.0 Å². The summed E-state index contributed by atoms with van der Waals surface area (Å²) in [5.41, 5.74) is 0.342. The molecule has 1 N–H and O–H groups in total. The minimum absolute atomic E-state index is 0.232. The van der Waals surface area contributed by atoms with Crippen molar-refractivity contribution in [1.29, 1.82) is 0 Å². The Balaban J connectivity index is 2.43. The molecule has 0 saturated heterocycles. The molecular weight excluding hydrogens is 290 g/mol. The van der Waals surface area contributed by atoms with Crippen LogP contribution >= 0.6 is 11.6 Å². The summed E-state index contributed by atoms with van der Waals surface area (Å²) in [7, 11) is 0. The number of aryl methyl sites for hydroxylation is 1. The molecule has 1 aromatic heterocycles. The summed E-state index contributed by atoms with van der Waals surface area (Å²) in [6, 6.07) is 5.44. The van der Waals surface area contributed by atoms with Crippen molar-refractivity contribution < 1.29 is 14.3 Å². The zero-order valence-corrected chi connectivity index (χ0v) is 13.5. The van der Waals surface area contributed by atoms with E-state index in [9.17, 15) is 9.90 Å². The number of amides is 1. The third-order valence-electron chi connectivity index (χ3n) is 3.36. The molecule has 0 fully saturated rings. The van der Waals surface area contributed by atoms with E-state index in [-0.39, 0.29) is 18.2 Å². The monoisotopic (exact) mass is 309 g/mol. The second-order valence-electron chi connectivity index (χ2n) is 5.80. The molecule has 5 heteroatoms. The molecule has 21 heavy (non-hydrogen) atoms. The van der Waals surface area contributed by atoms with Crippen LogP contribution in [0, 0.1) is 6.92 Å². The molecule has 0 saturated carbocycles. The number of hydrogen-bond donors (Lipinski definition) is 1. The summed E-state index contributed by atoms with van der Waals surface area (Å²) >= 11 is 6.11. The lowest BCUT2D eigenvalue weighted by Gasteiger charge is -2.27. The molecule has 0 aliphatic rings. The Bertz CT molecular complexity index is 670. The number of fused-ring (bicyclic) bond motifs is 1. The molecular formula is C16H20ClNO3. The summed E-state index contributed by atoms with van der Waals surface area (Å²) in [5, 5.41) is 11.2. The van der Waals surface area contributed by atoms with Gasteiger partial charge in [0.2, 0.25) is 0 Å². The van der Waals surface area contributed by atoms with Crippen LogP contribution in [0.25, 0.3) is 11.0 Å². The number of hydrogen-bond acceptors (Lipinski definition) is 3. The average molecular weight is 310 g/mol. The van der Waals surface area contributed by atoms with Gasteiger partial charge >= 0.3 is 0 Å². The standard InChI is InChI=1S/C16H20ClNO3/c1-5-18(9-16(3,4)20)15(19)13-10(2)11-7-6-8-12(17)14(11)21-13/h6-8,20H,5,9H2,1-4H3. The van der Waals surface area contributed by atoms with Crippen LogP contribution in [-0.2, 0) is 0 Å². The molecule has 0 unspecified atom stereocenters. The van der Waals surface area contributed by atoms with Gasteiger partial charge in [0.15, 0.2) is 11.3 Å². The van der Waals surface area contributed by atoms with Gasteiger partial charge in [0, 0.05) is 24.0 Å². The van der Waals surface area contributed by atoms with Crippen molar-refractivity contribution in [3.8, 4) is 0 Å². The van der Waals surface area contributed by atoms with Gasteiger partial charge in [-0.2, -0.15) is 0 Å². The number of furan rings is 1. The lowest BCUT2D eigenvalue weighted by molar-refractivity contribution is 0.0299. The Kier molecular flexibility index (Phi) is 4.30. The van der Waals surface area contributed by atoms with Crippen LogP contribution in [0.4, 0.5) is 0 Å². The van der Waals surface area contributed by atoms with Crippen LogP contribution in [0.5, 0.6) is 0 Å². The Morgan fingerprint density at radius 2 is 2.10 bits per heavy atom. The van der Waals surface area contributed by atoms with Gasteiger partial charge in [0.25, 0.3) is 5.91 Å². The number of rotatable bonds is 4. The summed E-state index contributed by atoms with van der Waals surface area (Å²) in [6.45, 7) is 7.79. The van der Waals surface area contributed by atoms with E-state index < -0.39 is 5.60 Å². The van der Waals surface area contributed by atoms with E-state index in [0.29, 0.717) is 17.2 Å². The predicted molar refractivity (Wildman–Crippen MR) is 83.8 cm³/mol. The molecule has 1 aromatic carbocycles. The number of para-hydroxylation sites is 1. The molecule has 0 radical (unpaired) electrons. The smallest absolute Gasteiger partial charge is 0.289 e. The topological polar surface area (TPSA) is 53.7 Å². The number of carbonyl (C=O) groups excluding carboxylic acids is 1. The summed E-state index contributed by atoms with van der Waals surface area (Å²) in [4.78, 5) is 14.2. The molecule has 0 aliphatic heterocycles. The highest BCUT2D eigenvalue weighted by atomic mass is 35.5. The maximum atomic E-state index is 12.6. The van der Waals surface area contributed by atoms with E-state index in [0.717, 1.165) is 10.9 Å². The first-order valence-corrected chi connectivity index (χ1v) is 7.31. The number of likely N-dealkylation sites (N-methyl/N-ethyl adjacent to an activating group) is 1. The van der Waals surface area contributed by atoms with Crippen molar-refractivity contribution in [2.45, 2.75) is 33.3 Å². The number of nitrogens with zero attached hydrogens (tertiary/aromatic N) is 1. The molecule has 1 amide bonds. The van der Waals surface area contributed by atoms with Gasteiger partial charge < -0.3 is 14.4 Å². The SMILES string of the molecule is CCN(CC(C)(C)O)C(=O)c1oc2c(Cl)cccc2c1C. The zero-order valence-electron chi connectivity index (χ0n) is 12.7. The highest BCUT2D eigenvalue weighted by Crippen LogP contribution is 2.31. The first-order valence-electron chi connectivity index (χ1n) is 6.94. The van der Waals surface area contributed by atoms with Gasteiger partial charge in [0.1, 0.15) is 0 Å². The fraction of sp³-hybridized carbons (Fsp3) is 0.438. The van der Waals surface area contributed by atoms with Gasteiger partial charge in [-0.25, -0.2) is 0 Å². The molecule has 0 spiro atoms. The van der Waals surface area contributed by atoms with Crippen molar-refractivity contribution in [3.05, 3.63) is 34.5 Å². The normalized spacial score (nSPS) is 11.9. The fourth-order valence-electron chi connectivity index (χ4n) is 2.35. The van der Waals surface area contributed by atoms with Gasteiger partial charge in [-0.15, -0.1) is 0 Å². The van der Waals surface area contributed by atoms with Gasteiger partial charge in [-0.1, -0.05) is 23.7 Å². The maximum Gasteiger partial charge on any atom is 0.289 e. The Morgan fingerprint density at radius 3 is 2.62 bits per heavy atom. The number of aliphatic hydroxyl groups is 1. The molecule has 2 aromatic rings. The minimum atomic E-state index is -0.955. The van der Waals surface area contributed by atoms with E-state index in [1.165, 1.54) is 0 Å². The number of carbonyl (C=O) groups is 1. The van der Waals surface area contributed by atoms with Crippen LogP contribution in [0.3, 0.4) is 0 Å². The number of halogens is 1. The number of benzene rings is 1. The maximum absolute atomic E-state index is 12.6. The molecule has 2 rings (SSSR count). The van der Waals surface area contributed by atoms with Crippen LogP contribution in [0.1, 0.15) is 36.9 Å². The van der Waals surface area contributed by atoms with Crippen LogP contribution < -0.4 is 0 Å². The first-order chi connectivity index (χ1) is 9.74. The highest BCUT2D eigenvalue weighted by Gasteiger charge is 2.27. The largest absolute Gasteiger partial charge is 0.449 e. The van der Waals surface area contributed by atoms with Crippen molar-refractivity contribution in [2.75, 3.05) is 13.1 Å². The molecule has 4 nitrogen and oxygen atoms in total. The van der Waals surface area contributed by atoms with Gasteiger partial charge in [-0.05, 0) is 33.8 Å². The summed E-state index contributed by atoms with van der Waals surface area (Å²) in [6.07, 6.45) is 0. The van der Waals surface area contributed by atoms with Gasteiger partial charge in [0.05, 0.1) is 10.6 Å². The lowest BCUT2D eigenvalue weighted by atomic mass is 10.1. The Hall–Kier alpha value is -1.52. The second kappa shape index (κ2) is 5.70.